The van der Waals surface area contributed by atoms with Crippen molar-refractivity contribution < 1.29 is 24.2 Å². The first-order chi connectivity index (χ1) is 17.8. The molecule has 1 aliphatic rings. The number of benzene rings is 3. The Morgan fingerprint density at radius 1 is 0.919 bits per heavy atom. The first-order valence-corrected chi connectivity index (χ1v) is 12.6. The van der Waals surface area contributed by atoms with Crippen LogP contribution in [0, 0.1) is 13.8 Å². The number of aryl methyl sites for hydroxylation is 2. The molecule has 0 aromatic heterocycles. The fourth-order valence-electron chi connectivity index (χ4n) is 4.66. The maximum atomic E-state index is 13.4. The van der Waals surface area contributed by atoms with Crippen LogP contribution in [0.4, 0.5) is 5.69 Å². The average molecular weight is 500 g/mol. The monoisotopic (exact) mass is 499 g/mol. The molecule has 0 bridgehead atoms. The molecule has 0 aliphatic carbocycles. The molecular formula is C31H33NO5. The Labute approximate surface area is 218 Å². The van der Waals surface area contributed by atoms with E-state index in [-0.39, 0.29) is 11.3 Å². The summed E-state index contributed by atoms with van der Waals surface area (Å²) in [5, 5.41) is 11.4. The van der Waals surface area contributed by atoms with Gasteiger partial charge in [0.25, 0.3) is 11.7 Å². The molecule has 1 saturated heterocycles. The predicted octanol–water partition coefficient (Wildman–Crippen LogP) is 6.51. The highest BCUT2D eigenvalue weighted by molar-refractivity contribution is 6.51. The zero-order chi connectivity index (χ0) is 26.5. The Bertz CT molecular complexity index is 1310. The molecule has 1 heterocycles. The number of hydrogen-bond donors (Lipinski definition) is 1. The van der Waals surface area contributed by atoms with Gasteiger partial charge in [-0.1, -0.05) is 49.6 Å². The summed E-state index contributed by atoms with van der Waals surface area (Å²) < 4.78 is 11.1. The van der Waals surface area contributed by atoms with Crippen molar-refractivity contribution in [2.45, 2.75) is 46.1 Å². The molecule has 1 unspecified atom stereocenters. The van der Waals surface area contributed by atoms with E-state index in [1.165, 1.54) is 4.90 Å². The summed E-state index contributed by atoms with van der Waals surface area (Å²) in [5.74, 6) is -0.274. The van der Waals surface area contributed by atoms with E-state index in [2.05, 4.69) is 6.92 Å². The SMILES string of the molecule is CCCCCOc1ccc(/C(O)=C2\C(=O)C(=O)N(c3ccc(C)cc3C)C2c2ccc(OC)cc2)cc1. The third-order valence-corrected chi connectivity index (χ3v) is 6.63. The molecule has 3 aromatic carbocycles. The first kappa shape index (κ1) is 26.0. The Kier molecular flexibility index (Phi) is 7.97. The average Bonchev–Trinajstić information content (AvgIpc) is 3.16. The number of ether oxygens (including phenoxy) is 2. The lowest BCUT2D eigenvalue weighted by Crippen LogP contribution is -2.30. The lowest BCUT2D eigenvalue weighted by atomic mass is 9.94. The second kappa shape index (κ2) is 11.3. The lowest BCUT2D eigenvalue weighted by Gasteiger charge is -2.27. The maximum absolute atomic E-state index is 13.4. The van der Waals surface area contributed by atoms with Gasteiger partial charge in [0.15, 0.2) is 0 Å². The van der Waals surface area contributed by atoms with Gasteiger partial charge in [0, 0.05) is 11.3 Å². The number of nitrogens with zero attached hydrogens (tertiary/aromatic N) is 1. The molecule has 1 aliphatic heterocycles. The third-order valence-electron chi connectivity index (χ3n) is 6.63. The normalized spacial score (nSPS) is 16.8. The van der Waals surface area contributed by atoms with Gasteiger partial charge in [-0.2, -0.15) is 0 Å². The number of methoxy groups -OCH3 is 1. The van der Waals surface area contributed by atoms with Crippen molar-refractivity contribution >= 4 is 23.1 Å². The highest BCUT2D eigenvalue weighted by Crippen LogP contribution is 2.43. The van der Waals surface area contributed by atoms with Crippen LogP contribution in [0.5, 0.6) is 11.5 Å². The second-order valence-corrected chi connectivity index (χ2v) is 9.31. The van der Waals surface area contributed by atoms with E-state index in [0.717, 1.165) is 30.4 Å². The van der Waals surface area contributed by atoms with Crippen molar-refractivity contribution in [3.05, 3.63) is 94.6 Å². The summed E-state index contributed by atoms with van der Waals surface area (Å²) in [4.78, 5) is 28.3. The summed E-state index contributed by atoms with van der Waals surface area (Å²) >= 11 is 0. The second-order valence-electron chi connectivity index (χ2n) is 9.31. The van der Waals surface area contributed by atoms with E-state index in [0.29, 0.717) is 34.9 Å². The minimum Gasteiger partial charge on any atom is -0.507 e. The number of ketones is 1. The lowest BCUT2D eigenvalue weighted by molar-refractivity contribution is -0.132. The summed E-state index contributed by atoms with van der Waals surface area (Å²) in [7, 11) is 1.58. The summed E-state index contributed by atoms with van der Waals surface area (Å²) in [6, 6.07) is 19.1. The van der Waals surface area contributed by atoms with Gasteiger partial charge in [0.2, 0.25) is 0 Å². The van der Waals surface area contributed by atoms with Crippen LogP contribution in [-0.2, 0) is 9.59 Å². The largest absolute Gasteiger partial charge is 0.507 e. The van der Waals surface area contributed by atoms with E-state index in [1.807, 2.05) is 44.2 Å². The molecule has 6 heteroatoms. The fourth-order valence-corrected chi connectivity index (χ4v) is 4.66. The molecule has 192 valence electrons. The number of Topliss-reactive ketones (excluding diaryl/α,β-unsaturated/α-hetero) is 1. The molecule has 1 atom stereocenters. The van der Waals surface area contributed by atoms with Gasteiger partial charge in [0.05, 0.1) is 25.3 Å². The molecule has 1 N–H and O–H groups in total. The number of carbonyl (C=O) groups excluding carboxylic acids is 2. The van der Waals surface area contributed by atoms with Gasteiger partial charge in [-0.05, 0) is 73.9 Å². The minimum absolute atomic E-state index is 0.0479. The van der Waals surface area contributed by atoms with E-state index in [1.54, 1.807) is 43.5 Å². The standard InChI is InChI=1S/C31H33NO5/c1-5-6-7-18-37-25-15-11-23(12-16-25)29(33)27-28(22-9-13-24(36-4)14-10-22)32(31(35)30(27)34)26-17-8-20(2)19-21(26)3/h8-17,19,28,33H,5-7,18H2,1-4H3/b29-27+. The number of unbranched alkanes of at least 4 members (excludes halogenated alkanes) is 2. The molecule has 6 nitrogen and oxygen atoms in total. The van der Waals surface area contributed by atoms with E-state index >= 15 is 0 Å². The summed E-state index contributed by atoms with van der Waals surface area (Å²) in [6.07, 6.45) is 3.19. The minimum atomic E-state index is -0.794. The third kappa shape index (κ3) is 5.38. The van der Waals surface area contributed by atoms with Crippen molar-refractivity contribution in [1.29, 1.82) is 0 Å². The van der Waals surface area contributed by atoms with Gasteiger partial charge in [-0.3, -0.25) is 14.5 Å². The van der Waals surface area contributed by atoms with E-state index in [4.69, 9.17) is 9.47 Å². The van der Waals surface area contributed by atoms with Gasteiger partial charge >= 0.3 is 0 Å². The van der Waals surface area contributed by atoms with Gasteiger partial charge in [-0.25, -0.2) is 0 Å². The van der Waals surface area contributed by atoms with Crippen molar-refractivity contribution in [2.75, 3.05) is 18.6 Å². The van der Waals surface area contributed by atoms with Crippen LogP contribution >= 0.6 is 0 Å². The maximum Gasteiger partial charge on any atom is 0.300 e. The fraction of sp³-hybridized carbons (Fsp3) is 0.290. The number of aliphatic hydroxyl groups is 1. The number of rotatable bonds is 9. The number of anilines is 1. The summed E-state index contributed by atoms with van der Waals surface area (Å²) in [6.45, 7) is 6.65. The van der Waals surface area contributed by atoms with Gasteiger partial charge in [-0.15, -0.1) is 0 Å². The molecular weight excluding hydrogens is 466 g/mol. The molecule has 1 fully saturated rings. The van der Waals surface area contributed by atoms with Crippen LogP contribution < -0.4 is 14.4 Å². The number of aliphatic hydroxyl groups excluding tert-OH is 1. The molecule has 0 spiro atoms. The Balaban J connectivity index is 1.78. The Morgan fingerprint density at radius 2 is 1.59 bits per heavy atom. The zero-order valence-electron chi connectivity index (χ0n) is 21.8. The van der Waals surface area contributed by atoms with E-state index < -0.39 is 17.7 Å². The first-order valence-electron chi connectivity index (χ1n) is 12.6. The van der Waals surface area contributed by atoms with Crippen LogP contribution in [0.1, 0.15) is 54.5 Å². The number of amides is 1. The molecule has 3 aromatic rings. The van der Waals surface area contributed by atoms with Gasteiger partial charge in [0.1, 0.15) is 17.3 Å². The highest BCUT2D eigenvalue weighted by atomic mass is 16.5. The quantitative estimate of drug-likeness (QED) is 0.157. The van der Waals surface area contributed by atoms with Crippen molar-refractivity contribution in [2.24, 2.45) is 0 Å². The van der Waals surface area contributed by atoms with Crippen LogP contribution in [0.2, 0.25) is 0 Å². The van der Waals surface area contributed by atoms with E-state index in [9.17, 15) is 14.7 Å². The van der Waals surface area contributed by atoms with Crippen LogP contribution in [-0.4, -0.2) is 30.5 Å². The zero-order valence-corrected chi connectivity index (χ0v) is 21.8. The van der Waals surface area contributed by atoms with Crippen molar-refractivity contribution in [3.63, 3.8) is 0 Å². The summed E-state index contributed by atoms with van der Waals surface area (Å²) in [5.41, 5.74) is 3.73. The van der Waals surface area contributed by atoms with Gasteiger partial charge < -0.3 is 14.6 Å². The number of carbonyl (C=O) groups is 2. The smallest absolute Gasteiger partial charge is 0.300 e. The van der Waals surface area contributed by atoms with Crippen molar-refractivity contribution in [3.8, 4) is 11.5 Å². The number of hydrogen-bond acceptors (Lipinski definition) is 5. The van der Waals surface area contributed by atoms with Crippen LogP contribution in [0.25, 0.3) is 5.76 Å². The topological polar surface area (TPSA) is 76.1 Å². The molecule has 1 amide bonds. The predicted molar refractivity (Wildman–Crippen MR) is 145 cm³/mol. The van der Waals surface area contributed by atoms with Crippen molar-refractivity contribution in [1.82, 2.24) is 0 Å². The molecule has 0 saturated carbocycles. The Hall–Kier alpha value is -4.06. The van der Waals surface area contributed by atoms with Crippen LogP contribution in [0.3, 0.4) is 0 Å². The molecule has 4 rings (SSSR count). The Morgan fingerprint density at radius 3 is 2.22 bits per heavy atom. The highest BCUT2D eigenvalue weighted by Gasteiger charge is 2.47. The van der Waals surface area contributed by atoms with Crippen LogP contribution in [0.15, 0.2) is 72.3 Å². The molecule has 37 heavy (non-hydrogen) atoms. The molecule has 0 radical (unpaired) electrons.